The van der Waals surface area contributed by atoms with Gasteiger partial charge in [0.05, 0.1) is 0 Å². The largest absolute Gasteiger partial charge is 0.676 e. The number of hydrogen-bond donors (Lipinski definition) is 2. The Labute approximate surface area is 271 Å². The van der Waals surface area contributed by atoms with Gasteiger partial charge in [0.2, 0.25) is 0 Å². The van der Waals surface area contributed by atoms with E-state index in [1.54, 1.807) is 29.2 Å². The van der Waals surface area contributed by atoms with E-state index >= 15 is 0 Å². The van der Waals surface area contributed by atoms with Crippen molar-refractivity contribution in [2.45, 2.75) is 83.2 Å². The molecule has 44 heavy (non-hydrogen) atoms. The van der Waals surface area contributed by atoms with Gasteiger partial charge in [-0.2, -0.15) is 12.1 Å². The number of benzene rings is 4. The summed E-state index contributed by atoms with van der Waals surface area (Å²) in [6.07, 6.45) is 4.25. The molecule has 1 fully saturated rings. The van der Waals surface area contributed by atoms with Crippen LogP contribution in [0.5, 0.6) is 23.0 Å². The second kappa shape index (κ2) is 16.1. The molecule has 2 atom stereocenters. The fourth-order valence-electron chi connectivity index (χ4n) is 4.93. The average molecular weight is 634 g/mol. The van der Waals surface area contributed by atoms with Crippen LogP contribution in [0, 0.1) is 0 Å². The van der Waals surface area contributed by atoms with Crippen molar-refractivity contribution in [1.29, 1.82) is 0 Å². The van der Waals surface area contributed by atoms with Crippen LogP contribution in [0.25, 0.3) is 11.5 Å². The Morgan fingerprint density at radius 2 is 1.20 bits per heavy atom. The maximum absolute atomic E-state index is 10.7. The van der Waals surface area contributed by atoms with Crippen molar-refractivity contribution in [2.75, 3.05) is 0 Å². The van der Waals surface area contributed by atoms with Gasteiger partial charge in [-0.05, 0) is 36.4 Å². The molecular formula is C38H46MnN2O3-2. The van der Waals surface area contributed by atoms with Crippen molar-refractivity contribution in [1.82, 2.24) is 0 Å². The number of nitrogens with one attached hydrogen (secondary N) is 2. The van der Waals surface area contributed by atoms with E-state index in [1.807, 2.05) is 48.5 Å². The van der Waals surface area contributed by atoms with E-state index in [0.29, 0.717) is 11.5 Å². The maximum atomic E-state index is 10.7. The summed E-state index contributed by atoms with van der Waals surface area (Å²) in [6.45, 7) is 10.9. The number of phenolic OH excluding ortho intramolecular Hbond substituents is 2. The van der Waals surface area contributed by atoms with E-state index < -0.39 is 0 Å². The summed E-state index contributed by atoms with van der Waals surface area (Å²) in [5.74, 6) is 2.09. The minimum atomic E-state index is -0.267. The summed E-state index contributed by atoms with van der Waals surface area (Å²) in [4.78, 5) is 1.79. The fourth-order valence-corrected chi connectivity index (χ4v) is 5.19. The van der Waals surface area contributed by atoms with Gasteiger partial charge < -0.3 is 21.3 Å². The van der Waals surface area contributed by atoms with Gasteiger partial charge in [-0.3, -0.25) is 0 Å². The number of rotatable bonds is 5. The molecule has 2 unspecified atom stereocenters. The molecule has 235 valence electrons. The van der Waals surface area contributed by atoms with Gasteiger partial charge in [-0.1, -0.05) is 43.9 Å². The SMILES string of the molecule is CC(C)(C)c1cc([CH]=[Mn])c(O)c(C(C)(C)c2ccccc2)c1.Oc1ccc(Oc2ccccc2)cc1.[NH-]C1CCCCC1[NH-]. The summed E-state index contributed by atoms with van der Waals surface area (Å²) < 4.78 is 5.52. The van der Waals surface area contributed by atoms with E-state index in [-0.39, 0.29) is 28.7 Å². The molecule has 6 heteroatoms. The van der Waals surface area contributed by atoms with Crippen LogP contribution in [-0.4, -0.2) is 27.2 Å². The first-order valence-corrected chi connectivity index (χ1v) is 15.8. The Morgan fingerprint density at radius 3 is 1.68 bits per heavy atom. The zero-order valence-corrected chi connectivity index (χ0v) is 27.7. The first-order valence-electron chi connectivity index (χ1n) is 15.1. The molecule has 0 bridgehead atoms. The van der Waals surface area contributed by atoms with Gasteiger partial charge in [0.15, 0.2) is 0 Å². The summed E-state index contributed by atoms with van der Waals surface area (Å²) in [5, 5.41) is 19.8. The standard InChI is InChI=1S/C20H24O.C12H10O2.C6H12N2.Mn/c1-14-12-16(19(2,3)4)13-17(18(14)21)20(5,6)15-10-8-7-9-11-15;13-10-6-8-12(9-7-10)14-11-4-2-1-3-5-11;7-5-3-1-2-4-6(5)8;/h1,7-13,21H,2-6H3;1-9,13H;5-8H,1-4H2;/q;;-2;. The van der Waals surface area contributed by atoms with Crippen LogP contribution in [0.1, 0.15) is 82.6 Å². The Kier molecular flexibility index (Phi) is 12.8. The third-order valence-electron chi connectivity index (χ3n) is 7.87. The molecule has 1 aliphatic carbocycles. The van der Waals surface area contributed by atoms with Crippen molar-refractivity contribution < 1.29 is 30.5 Å². The van der Waals surface area contributed by atoms with E-state index in [4.69, 9.17) is 21.3 Å². The second-order valence-corrected chi connectivity index (χ2v) is 13.1. The minimum absolute atomic E-state index is 0.0278. The average Bonchev–Trinajstić information content (AvgIpc) is 3.01. The molecule has 0 spiro atoms. The molecule has 4 aromatic rings. The van der Waals surface area contributed by atoms with Crippen LogP contribution in [0.3, 0.4) is 0 Å². The topological polar surface area (TPSA) is 97.3 Å². The molecular weight excluding hydrogens is 587 g/mol. The van der Waals surface area contributed by atoms with Gasteiger partial charge >= 0.3 is 142 Å². The fraction of sp³-hybridized carbons (Fsp3) is 0.342. The number of phenols is 2. The quantitative estimate of drug-likeness (QED) is 0.214. The Morgan fingerprint density at radius 1 is 0.705 bits per heavy atom. The van der Waals surface area contributed by atoms with Crippen molar-refractivity contribution in [2.24, 2.45) is 0 Å². The maximum Gasteiger partial charge on any atom is 0.127 e. The summed E-state index contributed by atoms with van der Waals surface area (Å²) in [5.41, 5.74) is 18.5. The summed E-state index contributed by atoms with van der Waals surface area (Å²) in [7, 11) is 0. The van der Waals surface area contributed by atoms with Crippen molar-refractivity contribution in [3.8, 4) is 23.0 Å². The predicted molar refractivity (Wildman–Crippen MR) is 180 cm³/mol. The zero-order valence-electron chi connectivity index (χ0n) is 26.5. The van der Waals surface area contributed by atoms with Crippen LogP contribution in [-0.2, 0) is 26.4 Å². The van der Waals surface area contributed by atoms with E-state index in [2.05, 4.69) is 74.5 Å². The van der Waals surface area contributed by atoms with Gasteiger partial charge in [0.25, 0.3) is 0 Å². The molecule has 5 nitrogen and oxygen atoms in total. The monoisotopic (exact) mass is 633 g/mol. The second-order valence-electron chi connectivity index (χ2n) is 12.7. The molecule has 5 rings (SSSR count). The predicted octanol–water partition coefficient (Wildman–Crippen LogP) is 10.3. The summed E-state index contributed by atoms with van der Waals surface area (Å²) >= 11 is 3.38. The third-order valence-corrected chi connectivity index (χ3v) is 8.24. The molecule has 0 aromatic heterocycles. The van der Waals surface area contributed by atoms with Crippen LogP contribution in [0.4, 0.5) is 0 Å². The number of aromatic hydroxyl groups is 2. The number of para-hydroxylation sites is 1. The van der Waals surface area contributed by atoms with Gasteiger partial charge in [-0.25, -0.2) is 0 Å². The molecule has 4 N–H and O–H groups in total. The van der Waals surface area contributed by atoms with E-state index in [0.717, 1.165) is 29.7 Å². The Bertz CT molecular complexity index is 1440. The molecule has 0 radical (unpaired) electrons. The summed E-state index contributed by atoms with van der Waals surface area (Å²) in [6, 6.07) is 30.5. The Hall–Kier alpha value is -3.41. The van der Waals surface area contributed by atoms with Crippen LogP contribution in [0.15, 0.2) is 97.1 Å². The van der Waals surface area contributed by atoms with Crippen molar-refractivity contribution in [3.05, 3.63) is 131 Å². The molecule has 0 heterocycles. The van der Waals surface area contributed by atoms with Crippen LogP contribution >= 0.6 is 0 Å². The van der Waals surface area contributed by atoms with E-state index in [1.165, 1.54) is 24.0 Å². The number of hydrogen-bond acceptors (Lipinski definition) is 3. The number of ether oxygens (including phenoxy) is 1. The van der Waals surface area contributed by atoms with Gasteiger partial charge in [0.1, 0.15) is 17.2 Å². The van der Waals surface area contributed by atoms with Crippen LogP contribution in [0.2, 0.25) is 0 Å². The zero-order chi connectivity index (χ0) is 32.3. The van der Waals surface area contributed by atoms with Crippen LogP contribution < -0.4 is 4.74 Å². The molecule has 4 aromatic carbocycles. The normalized spacial score (nSPS) is 16.4. The van der Waals surface area contributed by atoms with Crippen molar-refractivity contribution >= 4 is 4.92 Å². The molecule has 0 amide bonds. The molecule has 1 saturated carbocycles. The third kappa shape index (κ3) is 10.1. The van der Waals surface area contributed by atoms with Crippen molar-refractivity contribution in [3.63, 3.8) is 0 Å². The Balaban J connectivity index is 0.000000203. The minimum Gasteiger partial charge on any atom is -0.676 e. The van der Waals surface area contributed by atoms with Gasteiger partial charge in [0, 0.05) is 0 Å². The smallest absolute Gasteiger partial charge is 0.127 e. The first-order chi connectivity index (χ1) is 20.8. The molecule has 0 aliphatic heterocycles. The van der Waals surface area contributed by atoms with Gasteiger partial charge in [-0.15, -0.1) is 0 Å². The molecule has 1 aliphatic rings. The van der Waals surface area contributed by atoms with E-state index in [9.17, 15) is 5.11 Å². The first kappa shape index (κ1) is 35.1. The molecule has 0 saturated heterocycles.